The Morgan fingerprint density at radius 2 is 2.07 bits per heavy atom. The molecule has 0 aliphatic carbocycles. The summed E-state index contributed by atoms with van der Waals surface area (Å²) in [6.45, 7) is 5.01. The molecule has 1 saturated heterocycles. The van der Waals surface area contributed by atoms with Crippen molar-refractivity contribution >= 4 is 56.2 Å². The summed E-state index contributed by atoms with van der Waals surface area (Å²) in [5, 5.41) is 0. The number of halogens is 2. The fourth-order valence-electron chi connectivity index (χ4n) is 2.69. The molecular formula is C21H19BrFNO2S2. The summed E-state index contributed by atoms with van der Waals surface area (Å²) < 4.78 is 20.4. The first kappa shape index (κ1) is 21.0. The zero-order chi connectivity index (χ0) is 20.3. The highest BCUT2D eigenvalue weighted by molar-refractivity contribution is 9.10. The third kappa shape index (κ3) is 5.21. The van der Waals surface area contributed by atoms with Crippen molar-refractivity contribution in [1.29, 1.82) is 0 Å². The Kier molecular flexibility index (Phi) is 6.91. The molecule has 1 fully saturated rings. The number of ether oxygens (including phenoxy) is 1. The Labute approximate surface area is 182 Å². The highest BCUT2D eigenvalue weighted by Crippen LogP contribution is 2.34. The minimum atomic E-state index is -0.287. The van der Waals surface area contributed by atoms with Crippen molar-refractivity contribution in [3.05, 3.63) is 68.8 Å². The second-order valence-electron chi connectivity index (χ2n) is 6.79. The van der Waals surface area contributed by atoms with Crippen LogP contribution >= 0.6 is 39.9 Å². The molecule has 0 spiro atoms. The molecule has 28 heavy (non-hydrogen) atoms. The van der Waals surface area contributed by atoms with Crippen LogP contribution in [0.15, 0.2) is 51.8 Å². The maximum absolute atomic E-state index is 13.3. The number of benzene rings is 2. The van der Waals surface area contributed by atoms with Gasteiger partial charge in [-0.3, -0.25) is 9.69 Å². The second-order valence-corrected chi connectivity index (χ2v) is 9.32. The van der Waals surface area contributed by atoms with E-state index in [1.807, 2.05) is 30.3 Å². The van der Waals surface area contributed by atoms with Gasteiger partial charge >= 0.3 is 0 Å². The van der Waals surface area contributed by atoms with Crippen molar-refractivity contribution in [2.75, 3.05) is 6.54 Å². The van der Waals surface area contributed by atoms with E-state index in [2.05, 4.69) is 29.8 Å². The summed E-state index contributed by atoms with van der Waals surface area (Å²) >= 11 is 10.2. The Bertz CT molecular complexity index is 946. The Morgan fingerprint density at radius 3 is 2.75 bits per heavy atom. The van der Waals surface area contributed by atoms with Crippen LogP contribution in [0.1, 0.15) is 25.0 Å². The van der Waals surface area contributed by atoms with E-state index in [0.717, 1.165) is 15.6 Å². The maximum atomic E-state index is 13.3. The molecule has 1 aliphatic heterocycles. The standard InChI is InChI=1S/C21H19BrFNO2S2/c1-13(2)11-24-20(25)19(28-21(24)27)10-14-6-7-18(17(22)9-14)26-12-15-4-3-5-16(23)8-15/h3-10,13H,11-12H2,1-2H3. The lowest BCUT2D eigenvalue weighted by atomic mass is 10.2. The summed E-state index contributed by atoms with van der Waals surface area (Å²) in [7, 11) is 0. The van der Waals surface area contributed by atoms with Crippen LogP contribution < -0.4 is 4.74 Å². The van der Waals surface area contributed by atoms with Crippen molar-refractivity contribution < 1.29 is 13.9 Å². The molecule has 0 N–H and O–H groups in total. The SMILES string of the molecule is CC(C)CN1C(=O)C(=Cc2ccc(OCc3cccc(F)c3)c(Br)c2)SC1=S. The number of amides is 1. The van der Waals surface area contributed by atoms with Gasteiger partial charge in [-0.05, 0) is 63.3 Å². The molecule has 0 radical (unpaired) electrons. The predicted molar refractivity (Wildman–Crippen MR) is 120 cm³/mol. The Balaban J connectivity index is 1.71. The van der Waals surface area contributed by atoms with E-state index >= 15 is 0 Å². The van der Waals surface area contributed by atoms with Gasteiger partial charge < -0.3 is 4.74 Å². The monoisotopic (exact) mass is 479 g/mol. The predicted octanol–water partition coefficient (Wildman–Crippen LogP) is 6.02. The lowest BCUT2D eigenvalue weighted by Gasteiger charge is -2.16. The first-order valence-corrected chi connectivity index (χ1v) is 10.8. The van der Waals surface area contributed by atoms with Gasteiger partial charge in [-0.15, -0.1) is 0 Å². The molecule has 0 bridgehead atoms. The highest BCUT2D eigenvalue weighted by Gasteiger charge is 2.32. The van der Waals surface area contributed by atoms with Gasteiger partial charge in [0.05, 0.1) is 9.38 Å². The molecule has 0 aromatic heterocycles. The van der Waals surface area contributed by atoms with E-state index in [-0.39, 0.29) is 18.3 Å². The summed E-state index contributed by atoms with van der Waals surface area (Å²) in [5.74, 6) is 0.663. The van der Waals surface area contributed by atoms with Gasteiger partial charge in [0.15, 0.2) is 0 Å². The fourth-order valence-corrected chi connectivity index (χ4v) is 4.47. The summed E-state index contributed by atoms with van der Waals surface area (Å²) in [6.07, 6.45) is 1.83. The van der Waals surface area contributed by atoms with Crippen molar-refractivity contribution in [1.82, 2.24) is 4.90 Å². The van der Waals surface area contributed by atoms with Gasteiger partial charge in [-0.1, -0.05) is 56.0 Å². The molecular weight excluding hydrogens is 461 g/mol. The van der Waals surface area contributed by atoms with E-state index in [1.54, 1.807) is 11.0 Å². The fraction of sp³-hybridized carbons (Fsp3) is 0.238. The van der Waals surface area contributed by atoms with Gasteiger partial charge in [-0.25, -0.2) is 4.39 Å². The highest BCUT2D eigenvalue weighted by atomic mass is 79.9. The minimum absolute atomic E-state index is 0.0498. The molecule has 1 aliphatic rings. The molecule has 0 saturated carbocycles. The van der Waals surface area contributed by atoms with Gasteiger partial charge in [0.25, 0.3) is 5.91 Å². The minimum Gasteiger partial charge on any atom is -0.488 e. The van der Waals surface area contributed by atoms with Crippen LogP contribution in [0.2, 0.25) is 0 Å². The number of hydrogen-bond acceptors (Lipinski definition) is 4. The van der Waals surface area contributed by atoms with Crippen molar-refractivity contribution in [2.45, 2.75) is 20.5 Å². The van der Waals surface area contributed by atoms with E-state index in [9.17, 15) is 9.18 Å². The molecule has 0 atom stereocenters. The Hall–Kier alpha value is -1.70. The van der Waals surface area contributed by atoms with Gasteiger partial charge in [0.2, 0.25) is 0 Å². The first-order chi connectivity index (χ1) is 13.3. The summed E-state index contributed by atoms with van der Waals surface area (Å²) in [4.78, 5) is 14.8. The number of thioether (sulfide) groups is 1. The summed E-state index contributed by atoms with van der Waals surface area (Å²) in [6, 6.07) is 11.9. The number of hydrogen-bond donors (Lipinski definition) is 0. The summed E-state index contributed by atoms with van der Waals surface area (Å²) in [5.41, 5.74) is 1.62. The van der Waals surface area contributed by atoms with Crippen molar-refractivity contribution in [3.8, 4) is 5.75 Å². The average molecular weight is 480 g/mol. The van der Waals surface area contributed by atoms with Crippen LogP contribution in [0.4, 0.5) is 4.39 Å². The number of thiocarbonyl (C=S) groups is 1. The average Bonchev–Trinajstić information content (AvgIpc) is 2.88. The van der Waals surface area contributed by atoms with Gasteiger partial charge in [0.1, 0.15) is 22.5 Å². The van der Waals surface area contributed by atoms with E-state index < -0.39 is 0 Å². The van der Waals surface area contributed by atoms with E-state index in [0.29, 0.717) is 27.4 Å². The van der Waals surface area contributed by atoms with E-state index in [1.165, 1.54) is 23.9 Å². The van der Waals surface area contributed by atoms with Crippen LogP contribution in [0.3, 0.4) is 0 Å². The van der Waals surface area contributed by atoms with Crippen LogP contribution in [-0.2, 0) is 11.4 Å². The zero-order valence-electron chi connectivity index (χ0n) is 15.4. The number of carbonyl (C=O) groups is 1. The third-order valence-electron chi connectivity index (χ3n) is 3.96. The molecule has 1 heterocycles. The number of rotatable bonds is 6. The van der Waals surface area contributed by atoms with Crippen LogP contribution in [0, 0.1) is 11.7 Å². The molecule has 2 aromatic rings. The van der Waals surface area contributed by atoms with Crippen LogP contribution in [0.5, 0.6) is 5.75 Å². The molecule has 2 aromatic carbocycles. The maximum Gasteiger partial charge on any atom is 0.266 e. The first-order valence-electron chi connectivity index (χ1n) is 8.75. The Morgan fingerprint density at radius 1 is 1.29 bits per heavy atom. The molecule has 1 amide bonds. The zero-order valence-corrected chi connectivity index (χ0v) is 18.7. The lowest BCUT2D eigenvalue weighted by Crippen LogP contribution is -2.31. The van der Waals surface area contributed by atoms with E-state index in [4.69, 9.17) is 17.0 Å². The number of carbonyl (C=O) groups excluding carboxylic acids is 1. The van der Waals surface area contributed by atoms with Crippen LogP contribution in [0.25, 0.3) is 6.08 Å². The molecule has 146 valence electrons. The lowest BCUT2D eigenvalue weighted by molar-refractivity contribution is -0.122. The van der Waals surface area contributed by atoms with Crippen LogP contribution in [-0.4, -0.2) is 21.7 Å². The van der Waals surface area contributed by atoms with Crippen molar-refractivity contribution in [2.24, 2.45) is 5.92 Å². The second kappa shape index (κ2) is 9.20. The molecule has 3 rings (SSSR count). The molecule has 3 nitrogen and oxygen atoms in total. The largest absolute Gasteiger partial charge is 0.488 e. The smallest absolute Gasteiger partial charge is 0.266 e. The third-order valence-corrected chi connectivity index (χ3v) is 5.96. The molecule has 7 heteroatoms. The molecule has 0 unspecified atom stereocenters. The van der Waals surface area contributed by atoms with Gasteiger partial charge in [0, 0.05) is 6.54 Å². The number of nitrogens with zero attached hydrogens (tertiary/aromatic N) is 1. The topological polar surface area (TPSA) is 29.5 Å². The normalized spacial score (nSPS) is 15.8. The van der Waals surface area contributed by atoms with Gasteiger partial charge in [-0.2, -0.15) is 0 Å². The van der Waals surface area contributed by atoms with Crippen molar-refractivity contribution in [3.63, 3.8) is 0 Å². The quantitative estimate of drug-likeness (QED) is 0.373.